The topological polar surface area (TPSA) is 23.8 Å². The number of hydrogen-bond donors (Lipinski definition) is 0. The Hall–Kier alpha value is -3.28. The lowest BCUT2D eigenvalue weighted by atomic mass is 9.85. The zero-order valence-electron chi connectivity index (χ0n) is 16.3. The third kappa shape index (κ3) is 3.97. The van der Waals surface area contributed by atoms with Gasteiger partial charge in [0.05, 0.1) is 5.56 Å². The molecule has 0 fully saturated rings. The van der Waals surface area contributed by atoms with Gasteiger partial charge in [0.15, 0.2) is 0 Å². The zero-order chi connectivity index (χ0) is 20.1. The minimum Gasteiger partial charge on any atom is -0.192 e. The van der Waals surface area contributed by atoms with Crippen LogP contribution >= 0.6 is 11.8 Å². The highest BCUT2D eigenvalue weighted by atomic mass is 32.2. The van der Waals surface area contributed by atoms with Gasteiger partial charge in [-0.15, -0.1) is 11.8 Å². The highest BCUT2D eigenvalue weighted by molar-refractivity contribution is 7.98. The second kappa shape index (κ2) is 8.82. The minimum absolute atomic E-state index is 0.724. The lowest BCUT2D eigenvalue weighted by Gasteiger charge is -2.20. The van der Waals surface area contributed by atoms with E-state index in [0.717, 1.165) is 33.6 Å². The molecule has 0 amide bonds. The van der Waals surface area contributed by atoms with E-state index in [9.17, 15) is 5.26 Å². The van der Waals surface area contributed by atoms with Gasteiger partial charge in [0.2, 0.25) is 0 Å². The summed E-state index contributed by atoms with van der Waals surface area (Å²) in [5.41, 5.74) is 7.71. The average molecular weight is 392 g/mol. The molecule has 0 N–H and O–H groups in total. The summed E-state index contributed by atoms with van der Waals surface area (Å²) in [7, 11) is 0. The monoisotopic (exact) mass is 391 g/mol. The summed E-state index contributed by atoms with van der Waals surface area (Å²) in [4.78, 5) is 1.02. The standard InChI is InChI=1S/C27H21NS/c1-29-26-18-23(21-13-7-3-8-14-21)27(22-15-9-4-10-16-22)24(25(26)19-28)17-20-11-5-2-6-12-20/h2-16,18H,17H2,1H3. The Morgan fingerprint density at radius 2 is 1.31 bits per heavy atom. The van der Waals surface area contributed by atoms with E-state index in [-0.39, 0.29) is 0 Å². The normalized spacial score (nSPS) is 10.5. The molecule has 0 bridgehead atoms. The van der Waals surface area contributed by atoms with Crippen LogP contribution < -0.4 is 0 Å². The maximum Gasteiger partial charge on any atom is 0.101 e. The van der Waals surface area contributed by atoms with Crippen molar-refractivity contribution >= 4 is 11.8 Å². The van der Waals surface area contributed by atoms with Gasteiger partial charge < -0.3 is 0 Å². The third-order valence-corrected chi connectivity index (χ3v) is 5.86. The molecule has 0 aromatic heterocycles. The zero-order valence-corrected chi connectivity index (χ0v) is 17.1. The molecule has 140 valence electrons. The van der Waals surface area contributed by atoms with Gasteiger partial charge in [0.1, 0.15) is 6.07 Å². The molecule has 2 heteroatoms. The molecule has 0 aliphatic heterocycles. The van der Waals surface area contributed by atoms with Crippen molar-refractivity contribution in [3.05, 3.63) is 114 Å². The first-order valence-electron chi connectivity index (χ1n) is 9.60. The molecule has 0 unspecified atom stereocenters. The Morgan fingerprint density at radius 1 is 0.759 bits per heavy atom. The van der Waals surface area contributed by atoms with Crippen LogP contribution in [0, 0.1) is 11.3 Å². The molecule has 0 spiro atoms. The van der Waals surface area contributed by atoms with Gasteiger partial charge in [-0.2, -0.15) is 5.26 Å². The SMILES string of the molecule is CSc1cc(-c2ccccc2)c(-c2ccccc2)c(Cc2ccccc2)c1C#N. The van der Waals surface area contributed by atoms with E-state index in [1.807, 2.05) is 24.5 Å². The van der Waals surface area contributed by atoms with Crippen molar-refractivity contribution in [3.63, 3.8) is 0 Å². The molecule has 4 aromatic carbocycles. The van der Waals surface area contributed by atoms with Crippen LogP contribution in [0.25, 0.3) is 22.3 Å². The van der Waals surface area contributed by atoms with Crippen molar-refractivity contribution in [2.45, 2.75) is 11.3 Å². The second-order valence-corrected chi connectivity index (χ2v) is 7.71. The number of nitriles is 1. The lowest BCUT2D eigenvalue weighted by molar-refractivity contribution is 1.15. The van der Waals surface area contributed by atoms with E-state index in [0.29, 0.717) is 0 Å². The predicted molar refractivity (Wildman–Crippen MR) is 123 cm³/mol. The average Bonchev–Trinajstić information content (AvgIpc) is 2.80. The minimum atomic E-state index is 0.724. The van der Waals surface area contributed by atoms with Gasteiger partial charge in [-0.3, -0.25) is 0 Å². The molecule has 0 radical (unpaired) electrons. The molecular formula is C27H21NS. The van der Waals surface area contributed by atoms with Crippen LogP contribution in [0.15, 0.2) is 102 Å². The summed E-state index contributed by atoms with van der Waals surface area (Å²) in [6.45, 7) is 0. The van der Waals surface area contributed by atoms with Crippen molar-refractivity contribution in [2.24, 2.45) is 0 Å². The van der Waals surface area contributed by atoms with E-state index in [1.165, 1.54) is 16.7 Å². The molecule has 4 rings (SSSR count). The summed E-state index contributed by atoms with van der Waals surface area (Å²) >= 11 is 1.63. The van der Waals surface area contributed by atoms with Crippen LogP contribution in [0.2, 0.25) is 0 Å². The Labute approximate surface area is 176 Å². The van der Waals surface area contributed by atoms with Crippen LogP contribution in [-0.2, 0) is 6.42 Å². The maximum absolute atomic E-state index is 10.1. The lowest BCUT2D eigenvalue weighted by Crippen LogP contribution is -2.01. The van der Waals surface area contributed by atoms with Crippen molar-refractivity contribution < 1.29 is 0 Å². The number of nitrogens with zero attached hydrogens (tertiary/aromatic N) is 1. The summed E-state index contributed by atoms with van der Waals surface area (Å²) in [6.07, 6.45) is 2.77. The smallest absolute Gasteiger partial charge is 0.101 e. The second-order valence-electron chi connectivity index (χ2n) is 6.86. The molecule has 29 heavy (non-hydrogen) atoms. The van der Waals surface area contributed by atoms with Crippen LogP contribution in [0.4, 0.5) is 0 Å². The van der Waals surface area contributed by atoms with Crippen LogP contribution in [0.3, 0.4) is 0 Å². The predicted octanol–water partition coefficient (Wildman–Crippen LogP) is 7.20. The molecule has 0 atom stereocenters. The third-order valence-electron chi connectivity index (χ3n) is 5.10. The Bertz CT molecular complexity index is 1140. The maximum atomic E-state index is 10.1. The van der Waals surface area contributed by atoms with Crippen molar-refractivity contribution in [3.8, 4) is 28.3 Å². The first kappa shape index (κ1) is 19.1. The van der Waals surface area contributed by atoms with Crippen molar-refractivity contribution in [2.75, 3.05) is 6.26 Å². The highest BCUT2D eigenvalue weighted by Gasteiger charge is 2.20. The Morgan fingerprint density at radius 3 is 1.86 bits per heavy atom. The van der Waals surface area contributed by atoms with E-state index in [4.69, 9.17) is 0 Å². The van der Waals surface area contributed by atoms with Gasteiger partial charge in [-0.1, -0.05) is 91.0 Å². The van der Waals surface area contributed by atoms with Crippen molar-refractivity contribution in [1.82, 2.24) is 0 Å². The summed E-state index contributed by atoms with van der Waals surface area (Å²) in [5.74, 6) is 0. The first-order chi connectivity index (χ1) is 14.3. The number of rotatable bonds is 5. The van der Waals surface area contributed by atoms with Crippen LogP contribution in [0.1, 0.15) is 16.7 Å². The largest absolute Gasteiger partial charge is 0.192 e. The summed E-state index contributed by atoms with van der Waals surface area (Å²) in [5, 5.41) is 10.1. The Balaban J connectivity index is 2.06. The fourth-order valence-corrected chi connectivity index (χ4v) is 4.36. The number of benzene rings is 4. The fourth-order valence-electron chi connectivity index (χ4n) is 3.75. The van der Waals surface area contributed by atoms with Gasteiger partial charge in [0, 0.05) is 4.90 Å². The molecule has 0 saturated heterocycles. The summed E-state index contributed by atoms with van der Waals surface area (Å²) < 4.78 is 0. The first-order valence-corrected chi connectivity index (χ1v) is 10.8. The van der Waals surface area contributed by atoms with E-state index < -0.39 is 0 Å². The van der Waals surface area contributed by atoms with E-state index >= 15 is 0 Å². The van der Waals surface area contributed by atoms with Gasteiger partial charge in [0.25, 0.3) is 0 Å². The molecule has 0 aliphatic rings. The van der Waals surface area contributed by atoms with Gasteiger partial charge in [-0.25, -0.2) is 0 Å². The highest BCUT2D eigenvalue weighted by Crippen LogP contribution is 2.41. The van der Waals surface area contributed by atoms with Crippen LogP contribution in [0.5, 0.6) is 0 Å². The van der Waals surface area contributed by atoms with Crippen LogP contribution in [-0.4, -0.2) is 6.26 Å². The van der Waals surface area contributed by atoms with Crippen molar-refractivity contribution in [1.29, 1.82) is 5.26 Å². The van der Waals surface area contributed by atoms with Gasteiger partial charge >= 0.3 is 0 Å². The Kier molecular flexibility index (Phi) is 5.79. The molecular weight excluding hydrogens is 370 g/mol. The molecule has 0 saturated carbocycles. The van der Waals surface area contributed by atoms with E-state index in [2.05, 4.69) is 84.9 Å². The quantitative estimate of drug-likeness (QED) is 0.336. The number of thioether (sulfide) groups is 1. The number of hydrogen-bond acceptors (Lipinski definition) is 2. The van der Waals surface area contributed by atoms with Gasteiger partial charge in [-0.05, 0) is 52.1 Å². The molecule has 4 aromatic rings. The summed E-state index contributed by atoms with van der Waals surface area (Å²) in [6, 6.07) is 36.0. The molecule has 0 aliphatic carbocycles. The molecule has 0 heterocycles. The fraction of sp³-hybridized carbons (Fsp3) is 0.0741. The molecule has 1 nitrogen and oxygen atoms in total. The van der Waals surface area contributed by atoms with E-state index in [1.54, 1.807) is 11.8 Å².